The molecule has 1 N–H and O–H groups in total. The lowest BCUT2D eigenvalue weighted by Crippen LogP contribution is -2.12. The third kappa shape index (κ3) is 8.65. The number of nitrogens with one attached hydrogen (secondary N) is 1. The maximum absolute atomic E-state index is 12.2. The topological polar surface area (TPSA) is 82.6 Å². The van der Waals surface area contributed by atoms with Crippen molar-refractivity contribution in [2.24, 2.45) is 0 Å². The highest BCUT2D eigenvalue weighted by molar-refractivity contribution is 7.15. The number of aromatic nitrogens is 2. The summed E-state index contributed by atoms with van der Waals surface area (Å²) in [6.45, 7) is 10.9. The summed E-state index contributed by atoms with van der Waals surface area (Å²) in [5.74, 6) is 1.63. The second-order valence-electron chi connectivity index (χ2n) is 6.01. The molecular weight excluding hydrogens is 414 g/mol. The molecule has 0 unspecified atom stereocenters. The number of hydrogen-bond acceptors (Lipinski definition) is 7. The van der Waals surface area contributed by atoms with Crippen molar-refractivity contribution in [1.29, 1.82) is 0 Å². The smallest absolute Gasteiger partial charge is 0.257 e. The molecule has 0 aliphatic rings. The summed E-state index contributed by atoms with van der Waals surface area (Å²) in [4.78, 5) is 12.2. The zero-order valence-corrected chi connectivity index (χ0v) is 19.1. The molecule has 1 heterocycles. The summed E-state index contributed by atoms with van der Waals surface area (Å²) in [5, 5.41) is 12.1. The molecule has 2 aromatic rings. The Morgan fingerprint density at radius 3 is 2.42 bits per heavy atom. The van der Waals surface area contributed by atoms with E-state index in [0.29, 0.717) is 28.0 Å². The Balaban J connectivity index is 0.000000407. The normalized spacial score (nSPS) is 8.97. The molecule has 0 saturated heterocycles. The first-order valence-electron chi connectivity index (χ1n) is 9.06. The molecule has 0 saturated carbocycles. The van der Waals surface area contributed by atoms with E-state index >= 15 is 0 Å². The number of carbonyl (C=O) groups is 1. The highest BCUT2D eigenvalue weighted by atomic mass is 32.1. The fraction of sp³-hybridized carbons (Fsp3) is 0.261. The number of allylic oxidation sites excluding steroid dienone is 1. The van der Waals surface area contributed by atoms with Crippen LogP contribution in [-0.2, 0) is 4.74 Å². The van der Waals surface area contributed by atoms with Gasteiger partial charge in [-0.25, -0.2) is 0 Å². The van der Waals surface area contributed by atoms with Crippen LogP contribution >= 0.6 is 11.3 Å². The monoisotopic (exact) mass is 439 g/mol. The Kier molecular flexibility index (Phi) is 11.0. The Bertz CT molecular complexity index is 1060. The van der Waals surface area contributed by atoms with E-state index in [9.17, 15) is 4.79 Å². The van der Waals surface area contributed by atoms with Crippen LogP contribution < -0.4 is 14.8 Å². The molecule has 1 aromatic heterocycles. The van der Waals surface area contributed by atoms with Gasteiger partial charge in [0.05, 0.1) is 21.3 Å². The van der Waals surface area contributed by atoms with Crippen LogP contribution in [0.1, 0.15) is 35.1 Å². The van der Waals surface area contributed by atoms with E-state index in [1.807, 2.05) is 13.8 Å². The van der Waals surface area contributed by atoms with E-state index in [1.54, 1.807) is 31.4 Å². The van der Waals surface area contributed by atoms with Crippen molar-refractivity contribution < 1.29 is 19.0 Å². The minimum atomic E-state index is -0.262. The van der Waals surface area contributed by atoms with Gasteiger partial charge in [-0.15, -0.1) is 10.2 Å². The number of carbonyl (C=O) groups excluding carboxylic acids is 1. The fourth-order valence-corrected chi connectivity index (χ4v) is 2.66. The molecule has 8 heteroatoms. The SMILES string of the molecule is C=C=C=C=C=CC(=C)OC.COc1ccc(C(=O)Nc2nnc(C(C)C)s2)cc1OC. The predicted octanol–water partition coefficient (Wildman–Crippen LogP) is 4.88. The van der Waals surface area contributed by atoms with E-state index in [1.165, 1.54) is 25.6 Å². The third-order valence-corrected chi connectivity index (χ3v) is 4.66. The molecule has 0 bridgehead atoms. The van der Waals surface area contributed by atoms with Crippen LogP contribution in [0.2, 0.25) is 0 Å². The lowest BCUT2D eigenvalue weighted by molar-refractivity contribution is 0.102. The van der Waals surface area contributed by atoms with Gasteiger partial charge in [-0.05, 0) is 36.2 Å². The van der Waals surface area contributed by atoms with Crippen LogP contribution in [0.5, 0.6) is 11.5 Å². The van der Waals surface area contributed by atoms with Gasteiger partial charge in [0, 0.05) is 17.6 Å². The third-order valence-electron chi connectivity index (χ3n) is 3.52. The van der Waals surface area contributed by atoms with Crippen molar-refractivity contribution in [1.82, 2.24) is 10.2 Å². The zero-order chi connectivity index (χ0) is 23.2. The number of rotatable bonds is 7. The highest BCUT2D eigenvalue weighted by Gasteiger charge is 2.14. The van der Waals surface area contributed by atoms with E-state index in [-0.39, 0.29) is 11.8 Å². The van der Waals surface area contributed by atoms with Crippen molar-refractivity contribution >= 4 is 22.4 Å². The van der Waals surface area contributed by atoms with Gasteiger partial charge in [0.15, 0.2) is 11.5 Å². The summed E-state index contributed by atoms with van der Waals surface area (Å²) >= 11 is 1.37. The molecule has 1 amide bonds. The lowest BCUT2D eigenvalue weighted by Gasteiger charge is -2.08. The maximum Gasteiger partial charge on any atom is 0.257 e. The lowest BCUT2D eigenvalue weighted by atomic mass is 10.2. The van der Waals surface area contributed by atoms with E-state index in [4.69, 9.17) is 14.2 Å². The van der Waals surface area contributed by atoms with Crippen molar-refractivity contribution in [3.8, 4) is 11.5 Å². The van der Waals surface area contributed by atoms with Crippen molar-refractivity contribution in [3.63, 3.8) is 0 Å². The molecule has 0 radical (unpaired) electrons. The number of benzene rings is 1. The molecule has 0 spiro atoms. The average Bonchev–Trinajstić information content (AvgIpc) is 3.25. The quantitative estimate of drug-likeness (QED) is 0.376. The molecule has 0 fully saturated rings. The second-order valence-corrected chi connectivity index (χ2v) is 7.02. The number of methoxy groups -OCH3 is 3. The van der Waals surface area contributed by atoms with Crippen LogP contribution in [0, 0.1) is 0 Å². The molecule has 31 heavy (non-hydrogen) atoms. The predicted molar refractivity (Wildman–Crippen MR) is 122 cm³/mol. The molecule has 0 aliphatic heterocycles. The minimum Gasteiger partial charge on any atom is -0.497 e. The van der Waals surface area contributed by atoms with Gasteiger partial charge >= 0.3 is 0 Å². The summed E-state index contributed by atoms with van der Waals surface area (Å²) in [7, 11) is 4.61. The van der Waals surface area contributed by atoms with Crippen molar-refractivity contribution in [2.45, 2.75) is 19.8 Å². The van der Waals surface area contributed by atoms with Crippen molar-refractivity contribution in [2.75, 3.05) is 26.6 Å². The zero-order valence-electron chi connectivity index (χ0n) is 18.2. The Hall–Kier alpha value is -3.75. The fourth-order valence-electron chi connectivity index (χ4n) is 1.92. The first kappa shape index (κ1) is 25.3. The summed E-state index contributed by atoms with van der Waals surface area (Å²) in [5.41, 5.74) is 10.5. The summed E-state index contributed by atoms with van der Waals surface area (Å²) < 4.78 is 15.0. The number of ether oxygens (including phenoxy) is 3. The van der Waals surface area contributed by atoms with E-state index < -0.39 is 0 Å². The molecule has 0 aliphatic carbocycles. The molecular formula is C23H25N3O4S. The largest absolute Gasteiger partial charge is 0.497 e. The number of hydrogen-bond donors (Lipinski definition) is 1. The Labute approximate surface area is 186 Å². The molecule has 162 valence electrons. The molecule has 7 nitrogen and oxygen atoms in total. The average molecular weight is 440 g/mol. The molecule has 2 rings (SSSR count). The van der Waals surface area contributed by atoms with Gasteiger partial charge < -0.3 is 14.2 Å². The maximum atomic E-state index is 12.2. The van der Waals surface area contributed by atoms with Gasteiger partial charge in [0.25, 0.3) is 5.91 Å². The van der Waals surface area contributed by atoms with Gasteiger partial charge in [0.1, 0.15) is 10.8 Å². The van der Waals surface area contributed by atoms with Crippen molar-refractivity contribution in [3.05, 3.63) is 76.7 Å². The van der Waals surface area contributed by atoms with Crippen LogP contribution in [0.4, 0.5) is 5.13 Å². The number of nitrogens with zero attached hydrogens (tertiary/aromatic N) is 2. The summed E-state index contributed by atoms with van der Waals surface area (Å²) in [6, 6.07) is 4.98. The number of amides is 1. The van der Waals surface area contributed by atoms with Crippen LogP contribution in [0.15, 0.2) is 66.1 Å². The van der Waals surface area contributed by atoms with E-state index in [2.05, 4.69) is 51.6 Å². The highest BCUT2D eigenvalue weighted by Crippen LogP contribution is 2.28. The Morgan fingerprint density at radius 2 is 1.87 bits per heavy atom. The van der Waals surface area contributed by atoms with Gasteiger partial charge in [-0.3, -0.25) is 10.1 Å². The standard InChI is InChI=1S/C14H17N3O3S.C9H8O/c1-8(2)13-16-17-14(21-13)15-12(18)9-5-6-10(19-3)11(7-9)20-4;1-4-5-6-7-8-9(2)10-3/h5-8H,1-4H3,(H,15,17,18);8H,1-2H2,3H3. The van der Waals surface area contributed by atoms with Gasteiger partial charge in [-0.1, -0.05) is 43.2 Å². The van der Waals surface area contributed by atoms with Crippen LogP contribution in [-0.4, -0.2) is 37.4 Å². The van der Waals surface area contributed by atoms with E-state index in [0.717, 1.165) is 5.01 Å². The second kappa shape index (κ2) is 13.5. The van der Waals surface area contributed by atoms with Crippen LogP contribution in [0.3, 0.4) is 0 Å². The first-order chi connectivity index (χ1) is 14.9. The summed E-state index contributed by atoms with van der Waals surface area (Å²) in [6.07, 6.45) is 1.55. The minimum absolute atomic E-state index is 0.262. The Morgan fingerprint density at radius 1 is 1.16 bits per heavy atom. The first-order valence-corrected chi connectivity index (χ1v) is 9.88. The molecule has 0 atom stereocenters. The van der Waals surface area contributed by atoms with Crippen LogP contribution in [0.25, 0.3) is 0 Å². The molecule has 1 aromatic carbocycles. The van der Waals surface area contributed by atoms with Gasteiger partial charge in [-0.2, -0.15) is 0 Å². The van der Waals surface area contributed by atoms with Gasteiger partial charge in [0.2, 0.25) is 5.13 Å². The number of anilines is 1.